The standard InChI is InChI=1S/C25H35N7O5S/c1-6-19(20-11-7-8-13-37-20)32-24(18-10-9-12-21(28-18)35-4)29-30-25(32)31-38(33,34)17(3)22(36-5)23-26-14-16(2)15-27-23/h9-10,12,14-15,17,19-20,22H,6-8,11,13H2,1-5H3,(H,30,31)/t17-,19-,20?,22-/m0/s1. The first-order valence-corrected chi connectivity index (χ1v) is 14.2. The molecule has 3 aromatic heterocycles. The molecule has 0 aromatic carbocycles. The van der Waals surface area contributed by atoms with E-state index in [9.17, 15) is 8.42 Å². The monoisotopic (exact) mass is 545 g/mol. The zero-order valence-corrected chi connectivity index (χ0v) is 23.2. The van der Waals surface area contributed by atoms with Crippen molar-refractivity contribution < 1.29 is 22.6 Å². The lowest BCUT2D eigenvalue weighted by Gasteiger charge is -2.32. The molecule has 1 aliphatic rings. The third-order valence-electron chi connectivity index (χ3n) is 6.71. The Morgan fingerprint density at radius 2 is 1.95 bits per heavy atom. The molecule has 12 nitrogen and oxygen atoms in total. The molecule has 0 aliphatic carbocycles. The van der Waals surface area contributed by atoms with Crippen LogP contribution in [0.4, 0.5) is 5.95 Å². The fraction of sp³-hybridized carbons (Fsp3) is 0.560. The van der Waals surface area contributed by atoms with Gasteiger partial charge in [-0.1, -0.05) is 13.0 Å². The predicted octanol–water partition coefficient (Wildman–Crippen LogP) is 3.49. The maximum absolute atomic E-state index is 13.6. The van der Waals surface area contributed by atoms with Crippen LogP contribution in [0.3, 0.4) is 0 Å². The summed E-state index contributed by atoms with van der Waals surface area (Å²) in [6.45, 7) is 6.09. The third-order valence-corrected chi connectivity index (χ3v) is 8.40. The minimum absolute atomic E-state index is 0.0807. The van der Waals surface area contributed by atoms with Crippen LogP contribution in [0.1, 0.15) is 63.1 Å². The zero-order valence-electron chi connectivity index (χ0n) is 22.4. The van der Waals surface area contributed by atoms with Crippen molar-refractivity contribution in [2.24, 2.45) is 0 Å². The van der Waals surface area contributed by atoms with Gasteiger partial charge in [0.1, 0.15) is 17.0 Å². The summed E-state index contributed by atoms with van der Waals surface area (Å²) in [7, 11) is -1.06. The number of nitrogens with zero attached hydrogens (tertiary/aromatic N) is 6. The second-order valence-electron chi connectivity index (χ2n) is 9.29. The van der Waals surface area contributed by atoms with Gasteiger partial charge >= 0.3 is 0 Å². The van der Waals surface area contributed by atoms with Gasteiger partial charge in [-0.05, 0) is 51.2 Å². The van der Waals surface area contributed by atoms with Gasteiger partial charge in [-0.3, -0.25) is 9.29 Å². The van der Waals surface area contributed by atoms with Crippen molar-refractivity contribution in [1.29, 1.82) is 0 Å². The molecular formula is C25H35N7O5S. The molecule has 0 saturated carbocycles. The first kappa shape index (κ1) is 27.9. The Labute approximate surface area is 223 Å². The van der Waals surface area contributed by atoms with Gasteiger partial charge in [0, 0.05) is 32.2 Å². The summed E-state index contributed by atoms with van der Waals surface area (Å²) in [4.78, 5) is 13.1. The molecule has 0 bridgehead atoms. The summed E-state index contributed by atoms with van der Waals surface area (Å²) in [5.41, 5.74) is 1.37. The Morgan fingerprint density at radius 1 is 1.18 bits per heavy atom. The number of aryl methyl sites for hydroxylation is 1. The van der Waals surface area contributed by atoms with Crippen molar-refractivity contribution in [2.75, 3.05) is 25.5 Å². The topological polar surface area (TPSA) is 143 Å². The zero-order chi connectivity index (χ0) is 27.3. The number of aromatic nitrogens is 6. The summed E-state index contributed by atoms with van der Waals surface area (Å²) in [5.74, 6) is 1.19. The lowest BCUT2D eigenvalue weighted by atomic mass is 9.99. The number of rotatable bonds is 11. The normalized spacial score (nSPS) is 18.5. The third kappa shape index (κ3) is 5.94. The van der Waals surface area contributed by atoms with Gasteiger partial charge in [-0.15, -0.1) is 10.2 Å². The first-order valence-electron chi connectivity index (χ1n) is 12.7. The predicted molar refractivity (Wildman–Crippen MR) is 141 cm³/mol. The average Bonchev–Trinajstić information content (AvgIpc) is 3.33. The molecule has 1 fully saturated rings. The number of sulfonamides is 1. The van der Waals surface area contributed by atoms with E-state index >= 15 is 0 Å². The lowest BCUT2D eigenvalue weighted by Crippen LogP contribution is -2.35. The highest BCUT2D eigenvalue weighted by Gasteiger charge is 2.36. The molecule has 1 unspecified atom stereocenters. The van der Waals surface area contributed by atoms with Gasteiger partial charge in [0.15, 0.2) is 11.6 Å². The van der Waals surface area contributed by atoms with Gasteiger partial charge in [-0.25, -0.2) is 23.4 Å². The second kappa shape index (κ2) is 12.1. The number of pyridine rings is 1. The molecule has 4 rings (SSSR count). The number of hydrogen-bond acceptors (Lipinski definition) is 10. The molecular weight excluding hydrogens is 510 g/mol. The van der Waals surface area contributed by atoms with Gasteiger partial charge in [0.05, 0.1) is 19.3 Å². The van der Waals surface area contributed by atoms with Gasteiger partial charge in [0.2, 0.25) is 21.9 Å². The fourth-order valence-electron chi connectivity index (χ4n) is 4.62. The van der Waals surface area contributed by atoms with Crippen LogP contribution in [0.15, 0.2) is 30.6 Å². The quantitative estimate of drug-likeness (QED) is 0.380. The molecule has 0 radical (unpaired) electrons. The summed E-state index contributed by atoms with van der Waals surface area (Å²) < 4.78 is 48.6. The van der Waals surface area contributed by atoms with E-state index in [0.717, 1.165) is 24.8 Å². The maximum atomic E-state index is 13.6. The molecule has 1 saturated heterocycles. The number of nitrogens with one attached hydrogen (secondary N) is 1. The lowest BCUT2D eigenvalue weighted by molar-refractivity contribution is -0.0169. The highest BCUT2D eigenvalue weighted by molar-refractivity contribution is 7.93. The Balaban J connectivity index is 1.73. The van der Waals surface area contributed by atoms with Crippen molar-refractivity contribution in [3.8, 4) is 17.4 Å². The van der Waals surface area contributed by atoms with Crippen LogP contribution in [0.25, 0.3) is 11.5 Å². The fourth-order valence-corrected chi connectivity index (χ4v) is 5.76. The molecule has 4 atom stereocenters. The van der Waals surface area contributed by atoms with E-state index in [1.165, 1.54) is 14.2 Å². The van der Waals surface area contributed by atoms with E-state index in [1.54, 1.807) is 42.1 Å². The van der Waals surface area contributed by atoms with Crippen LogP contribution in [0.2, 0.25) is 0 Å². The number of methoxy groups -OCH3 is 2. The van der Waals surface area contributed by atoms with Crippen LogP contribution < -0.4 is 9.46 Å². The molecule has 38 heavy (non-hydrogen) atoms. The van der Waals surface area contributed by atoms with Gasteiger partial charge < -0.3 is 14.2 Å². The highest BCUT2D eigenvalue weighted by atomic mass is 32.2. The van der Waals surface area contributed by atoms with E-state index in [4.69, 9.17) is 14.2 Å². The second-order valence-corrected chi connectivity index (χ2v) is 11.3. The van der Waals surface area contributed by atoms with Crippen LogP contribution >= 0.6 is 0 Å². The van der Waals surface area contributed by atoms with Crippen LogP contribution in [0, 0.1) is 6.92 Å². The summed E-state index contributed by atoms with van der Waals surface area (Å²) in [6, 6.07) is 5.10. The Kier molecular flexibility index (Phi) is 8.90. The van der Waals surface area contributed by atoms with E-state index < -0.39 is 21.4 Å². The van der Waals surface area contributed by atoms with Crippen LogP contribution in [-0.4, -0.2) is 70.3 Å². The van der Waals surface area contributed by atoms with Gasteiger partial charge in [0.25, 0.3) is 0 Å². The number of ether oxygens (including phenoxy) is 3. The average molecular weight is 546 g/mol. The molecule has 1 aliphatic heterocycles. The van der Waals surface area contributed by atoms with E-state index in [2.05, 4.69) is 29.9 Å². The first-order chi connectivity index (χ1) is 18.3. The van der Waals surface area contributed by atoms with Crippen LogP contribution in [0.5, 0.6) is 5.88 Å². The van der Waals surface area contributed by atoms with Gasteiger partial charge in [-0.2, -0.15) is 0 Å². The minimum atomic E-state index is -4.02. The molecule has 0 spiro atoms. The highest BCUT2D eigenvalue weighted by Crippen LogP contribution is 2.34. The van der Waals surface area contributed by atoms with Crippen molar-refractivity contribution in [3.63, 3.8) is 0 Å². The van der Waals surface area contributed by atoms with Crippen molar-refractivity contribution >= 4 is 16.0 Å². The molecule has 3 aromatic rings. The number of hydrogen-bond donors (Lipinski definition) is 1. The van der Waals surface area contributed by atoms with E-state index in [-0.39, 0.29) is 23.9 Å². The maximum Gasteiger partial charge on any atom is 0.240 e. The summed E-state index contributed by atoms with van der Waals surface area (Å²) >= 11 is 0. The van der Waals surface area contributed by atoms with Crippen molar-refractivity contribution in [1.82, 2.24) is 29.7 Å². The smallest absolute Gasteiger partial charge is 0.240 e. The molecule has 1 N–H and O–H groups in total. The Hall–Kier alpha value is -3.16. The van der Waals surface area contributed by atoms with Crippen LogP contribution in [-0.2, 0) is 19.5 Å². The van der Waals surface area contributed by atoms with Crippen molar-refractivity contribution in [2.45, 2.75) is 70.0 Å². The van der Waals surface area contributed by atoms with E-state index in [1.807, 2.05) is 13.8 Å². The molecule has 206 valence electrons. The van der Waals surface area contributed by atoms with Crippen molar-refractivity contribution in [3.05, 3.63) is 42.0 Å². The largest absolute Gasteiger partial charge is 0.481 e. The summed E-state index contributed by atoms with van der Waals surface area (Å²) in [6.07, 6.45) is 5.77. The molecule has 0 amide bonds. The Morgan fingerprint density at radius 3 is 2.58 bits per heavy atom. The minimum Gasteiger partial charge on any atom is -0.481 e. The SMILES string of the molecule is CC[C@@H](C1CCCCO1)n1c(NS(=O)(=O)[C@@H](C)[C@H](OC)c2ncc(C)cn2)nnc1-c1cccc(OC)n1. The Bertz CT molecular complexity index is 1310. The molecule has 4 heterocycles. The number of anilines is 1. The summed E-state index contributed by atoms with van der Waals surface area (Å²) in [5, 5.41) is 7.58. The molecule has 13 heteroatoms. The van der Waals surface area contributed by atoms with E-state index in [0.29, 0.717) is 30.4 Å².